The number of hydrogen-bond donors (Lipinski definition) is 1. The number of carbonyl (C=O) groups is 1. The molecule has 0 unspecified atom stereocenters. The fourth-order valence-electron chi connectivity index (χ4n) is 2.92. The molecular weight excluding hydrogens is 472 g/mol. The van der Waals surface area contributed by atoms with E-state index in [-0.39, 0.29) is 41.9 Å². The number of amides is 1. The van der Waals surface area contributed by atoms with Crippen LogP contribution >= 0.6 is 35.4 Å². The Hall–Kier alpha value is -2.17. The second kappa shape index (κ2) is 8.91. The highest BCUT2D eigenvalue weighted by Gasteiger charge is 2.31. The van der Waals surface area contributed by atoms with E-state index in [0.717, 1.165) is 4.90 Å². The van der Waals surface area contributed by atoms with Crippen LogP contribution in [0.25, 0.3) is 0 Å². The Bertz CT molecular complexity index is 1000. The number of rotatable bonds is 2. The number of benzene rings is 2. The zero-order chi connectivity index (χ0) is 22.2. The van der Waals surface area contributed by atoms with E-state index in [1.807, 2.05) is 0 Å². The lowest BCUT2D eigenvalue weighted by molar-refractivity contribution is 0.0973. The molecule has 1 aliphatic rings. The van der Waals surface area contributed by atoms with E-state index in [2.05, 4.69) is 5.32 Å². The molecule has 1 fully saturated rings. The van der Waals surface area contributed by atoms with Gasteiger partial charge in [0.05, 0.1) is 10.6 Å². The topological polar surface area (TPSA) is 35.6 Å². The van der Waals surface area contributed by atoms with Crippen molar-refractivity contribution >= 4 is 52.1 Å². The van der Waals surface area contributed by atoms with Gasteiger partial charge in [-0.25, -0.2) is 22.0 Å². The maximum absolute atomic E-state index is 14.0. The van der Waals surface area contributed by atoms with Crippen LogP contribution in [-0.2, 0) is 0 Å². The van der Waals surface area contributed by atoms with Crippen molar-refractivity contribution in [3.8, 4) is 0 Å². The van der Waals surface area contributed by atoms with Crippen molar-refractivity contribution in [3.05, 3.63) is 62.9 Å². The number of nitrogens with one attached hydrogen (secondary N) is 1. The zero-order valence-corrected chi connectivity index (χ0v) is 17.2. The van der Waals surface area contributed by atoms with Crippen LogP contribution in [0.1, 0.15) is 10.4 Å². The van der Waals surface area contributed by atoms with Crippen molar-refractivity contribution in [2.45, 2.75) is 0 Å². The smallest absolute Gasteiger partial charge is 0.258 e. The van der Waals surface area contributed by atoms with Crippen LogP contribution in [0.15, 0.2) is 18.2 Å². The van der Waals surface area contributed by atoms with Gasteiger partial charge in [0.2, 0.25) is 5.82 Å². The quantitative estimate of drug-likeness (QED) is 0.294. The fourth-order valence-corrected chi connectivity index (χ4v) is 3.69. The molecule has 12 heteroatoms. The van der Waals surface area contributed by atoms with Gasteiger partial charge in [-0.2, -0.15) is 0 Å². The van der Waals surface area contributed by atoms with E-state index in [0.29, 0.717) is 5.02 Å². The standard InChI is InChI=1S/C18H12Cl2F5N3OS/c19-8-1-2-9(10(20)7-8)17(29)26-18(30)28-5-3-27(4-6-28)16-14(24)12(22)11(21)13(23)15(16)25/h1-2,7H,3-6H2,(H,26,29,30). The summed E-state index contributed by atoms with van der Waals surface area (Å²) < 4.78 is 68.1. The molecule has 0 atom stereocenters. The van der Waals surface area contributed by atoms with Crippen molar-refractivity contribution in [1.29, 1.82) is 0 Å². The van der Waals surface area contributed by atoms with Crippen LogP contribution in [0.2, 0.25) is 10.0 Å². The van der Waals surface area contributed by atoms with Crippen molar-refractivity contribution in [1.82, 2.24) is 10.2 Å². The molecule has 4 nitrogen and oxygen atoms in total. The van der Waals surface area contributed by atoms with Crippen LogP contribution < -0.4 is 10.2 Å². The molecule has 1 heterocycles. The van der Waals surface area contributed by atoms with Crippen molar-refractivity contribution < 1.29 is 26.7 Å². The SMILES string of the molecule is O=C(NC(=S)N1CCN(c2c(F)c(F)c(F)c(F)c2F)CC1)c1ccc(Cl)cc1Cl. The predicted molar refractivity (Wildman–Crippen MR) is 107 cm³/mol. The van der Waals surface area contributed by atoms with Crippen molar-refractivity contribution in [2.75, 3.05) is 31.1 Å². The molecule has 0 bridgehead atoms. The lowest BCUT2D eigenvalue weighted by atomic mass is 10.2. The number of hydrogen-bond acceptors (Lipinski definition) is 3. The first kappa shape index (κ1) is 22.5. The van der Waals surface area contributed by atoms with E-state index in [9.17, 15) is 26.7 Å². The largest absolute Gasteiger partial charge is 0.363 e. The maximum Gasteiger partial charge on any atom is 0.258 e. The van der Waals surface area contributed by atoms with Gasteiger partial charge in [0.1, 0.15) is 5.69 Å². The summed E-state index contributed by atoms with van der Waals surface area (Å²) in [5.41, 5.74) is -0.850. The Balaban J connectivity index is 1.67. The lowest BCUT2D eigenvalue weighted by Crippen LogP contribution is -2.53. The molecule has 1 N–H and O–H groups in total. The zero-order valence-electron chi connectivity index (χ0n) is 14.9. The minimum absolute atomic E-state index is 0.0306. The van der Waals surface area contributed by atoms with E-state index < -0.39 is 40.7 Å². The third kappa shape index (κ3) is 4.30. The predicted octanol–water partition coefficient (Wildman–Crippen LogP) is 4.53. The highest BCUT2D eigenvalue weighted by molar-refractivity contribution is 7.80. The second-order valence-electron chi connectivity index (χ2n) is 6.28. The Labute approximate surface area is 183 Å². The van der Waals surface area contributed by atoms with Gasteiger partial charge < -0.3 is 9.80 Å². The number of anilines is 1. The third-order valence-electron chi connectivity index (χ3n) is 4.47. The summed E-state index contributed by atoms with van der Waals surface area (Å²) in [6.45, 7) is -0.0218. The number of halogens is 7. The first-order valence-corrected chi connectivity index (χ1v) is 9.60. The van der Waals surface area contributed by atoms with E-state index in [1.165, 1.54) is 23.1 Å². The summed E-state index contributed by atoms with van der Waals surface area (Å²) in [7, 11) is 0. The van der Waals surface area contributed by atoms with Gasteiger partial charge >= 0.3 is 0 Å². The Morgan fingerprint density at radius 1 is 0.900 bits per heavy atom. The Morgan fingerprint density at radius 3 is 1.97 bits per heavy atom. The number of piperazine rings is 1. The van der Waals surface area contributed by atoms with Gasteiger partial charge in [0.15, 0.2) is 28.4 Å². The number of carbonyl (C=O) groups excluding carboxylic acids is 1. The van der Waals surface area contributed by atoms with Gasteiger partial charge in [-0.15, -0.1) is 0 Å². The number of thiocarbonyl (C=S) groups is 1. The summed E-state index contributed by atoms with van der Waals surface area (Å²) in [6, 6.07) is 4.29. The van der Waals surface area contributed by atoms with Crippen LogP contribution in [0, 0.1) is 29.1 Å². The molecule has 0 radical (unpaired) electrons. The lowest BCUT2D eigenvalue weighted by Gasteiger charge is -2.37. The highest BCUT2D eigenvalue weighted by Crippen LogP contribution is 2.31. The normalized spacial score (nSPS) is 14.1. The van der Waals surface area contributed by atoms with Crippen molar-refractivity contribution in [2.24, 2.45) is 0 Å². The molecule has 0 aromatic heterocycles. The Morgan fingerprint density at radius 2 is 1.43 bits per heavy atom. The monoisotopic (exact) mass is 483 g/mol. The van der Waals surface area contributed by atoms with Crippen LogP contribution in [-0.4, -0.2) is 42.1 Å². The molecule has 0 aliphatic carbocycles. The third-order valence-corrected chi connectivity index (χ3v) is 5.37. The van der Waals surface area contributed by atoms with E-state index in [4.69, 9.17) is 35.4 Å². The average molecular weight is 484 g/mol. The maximum atomic E-state index is 14.0. The summed E-state index contributed by atoms with van der Waals surface area (Å²) in [4.78, 5) is 14.9. The molecule has 0 saturated carbocycles. The Kier molecular flexibility index (Phi) is 6.68. The van der Waals surface area contributed by atoms with E-state index >= 15 is 0 Å². The minimum atomic E-state index is -2.21. The van der Waals surface area contributed by atoms with Crippen LogP contribution in [0.3, 0.4) is 0 Å². The summed E-state index contributed by atoms with van der Waals surface area (Å²) in [5, 5.41) is 2.99. The highest BCUT2D eigenvalue weighted by atomic mass is 35.5. The minimum Gasteiger partial charge on any atom is -0.363 e. The van der Waals surface area contributed by atoms with Gasteiger partial charge in [0, 0.05) is 31.2 Å². The first-order valence-electron chi connectivity index (χ1n) is 8.43. The molecule has 2 aromatic rings. The van der Waals surface area contributed by atoms with Crippen LogP contribution in [0.5, 0.6) is 0 Å². The molecule has 1 aliphatic heterocycles. The summed E-state index contributed by atoms with van der Waals surface area (Å²) in [5.74, 6) is -10.6. The van der Waals surface area contributed by atoms with Crippen LogP contribution in [0.4, 0.5) is 27.6 Å². The van der Waals surface area contributed by atoms with Gasteiger partial charge in [-0.3, -0.25) is 10.1 Å². The average Bonchev–Trinajstić information content (AvgIpc) is 2.71. The van der Waals surface area contributed by atoms with Gasteiger partial charge in [0.25, 0.3) is 5.91 Å². The molecule has 2 aromatic carbocycles. The van der Waals surface area contributed by atoms with Crippen molar-refractivity contribution in [3.63, 3.8) is 0 Å². The van der Waals surface area contributed by atoms with Gasteiger partial charge in [-0.05, 0) is 30.4 Å². The van der Waals surface area contributed by atoms with Gasteiger partial charge in [-0.1, -0.05) is 23.2 Å². The van der Waals surface area contributed by atoms with E-state index in [1.54, 1.807) is 0 Å². The number of nitrogens with zero attached hydrogens (tertiary/aromatic N) is 2. The molecule has 1 saturated heterocycles. The molecular formula is C18H12Cl2F5N3OS. The summed E-state index contributed by atoms with van der Waals surface area (Å²) >= 11 is 16.9. The second-order valence-corrected chi connectivity index (χ2v) is 7.51. The molecule has 160 valence electrons. The molecule has 3 rings (SSSR count). The molecule has 1 amide bonds. The first-order chi connectivity index (χ1) is 14.1. The summed E-state index contributed by atoms with van der Waals surface area (Å²) in [6.07, 6.45) is 0. The fraction of sp³-hybridized carbons (Fsp3) is 0.222. The molecule has 30 heavy (non-hydrogen) atoms. The molecule has 0 spiro atoms.